The number of carboxylic acids is 1. The molecule has 1 aliphatic heterocycles. The summed E-state index contributed by atoms with van der Waals surface area (Å²) in [6.45, 7) is 3.08. The van der Waals surface area contributed by atoms with E-state index >= 15 is 0 Å². The van der Waals surface area contributed by atoms with Gasteiger partial charge in [0.1, 0.15) is 0 Å². The summed E-state index contributed by atoms with van der Waals surface area (Å²) in [7, 11) is 0. The first-order valence-electron chi connectivity index (χ1n) is 6.55. The molecule has 1 N–H and O–H groups in total. The van der Waals surface area contributed by atoms with Gasteiger partial charge in [-0.15, -0.1) is 0 Å². The molecule has 18 heavy (non-hydrogen) atoms. The predicted octanol–water partition coefficient (Wildman–Crippen LogP) is 2.33. The number of carbonyl (C=O) groups is 1. The molecule has 2 heterocycles. The van der Waals surface area contributed by atoms with Crippen molar-refractivity contribution in [2.75, 3.05) is 11.4 Å². The molecule has 0 bridgehead atoms. The first kappa shape index (κ1) is 12.8. The topological polar surface area (TPSA) is 66.3 Å². The number of anilines is 1. The third-order valence-corrected chi connectivity index (χ3v) is 3.47. The molecule has 1 aromatic heterocycles. The molecular formula is C13H19N3O2. The van der Waals surface area contributed by atoms with Gasteiger partial charge < -0.3 is 10.0 Å². The molecule has 1 unspecified atom stereocenters. The minimum absolute atomic E-state index is 0.0686. The van der Waals surface area contributed by atoms with Crippen LogP contribution in [0.5, 0.6) is 0 Å². The van der Waals surface area contributed by atoms with Crippen LogP contribution in [0.1, 0.15) is 49.5 Å². The van der Waals surface area contributed by atoms with Crippen LogP contribution >= 0.6 is 0 Å². The highest BCUT2D eigenvalue weighted by molar-refractivity contribution is 5.85. The molecule has 0 amide bonds. The second-order valence-corrected chi connectivity index (χ2v) is 4.65. The van der Waals surface area contributed by atoms with E-state index in [0.717, 1.165) is 25.8 Å². The standard InChI is InChI=1S/C13H19N3O2/c1-2-10-6-4-3-5-9-16(10)13-14-8-7-11(15-13)12(17)18/h7-8,10H,2-6,9H2,1H3,(H,17,18). The van der Waals surface area contributed by atoms with Crippen LogP contribution in [0.3, 0.4) is 0 Å². The minimum Gasteiger partial charge on any atom is -0.477 e. The Balaban J connectivity index is 2.26. The second-order valence-electron chi connectivity index (χ2n) is 4.65. The molecule has 1 aliphatic rings. The van der Waals surface area contributed by atoms with Gasteiger partial charge in [-0.25, -0.2) is 14.8 Å². The molecule has 5 heteroatoms. The van der Waals surface area contributed by atoms with Gasteiger partial charge in [0.05, 0.1) is 0 Å². The van der Waals surface area contributed by atoms with Crippen molar-refractivity contribution in [1.82, 2.24) is 9.97 Å². The van der Waals surface area contributed by atoms with Crippen LogP contribution in [-0.2, 0) is 0 Å². The van der Waals surface area contributed by atoms with Crippen molar-refractivity contribution in [2.24, 2.45) is 0 Å². The van der Waals surface area contributed by atoms with E-state index in [1.54, 1.807) is 0 Å². The third kappa shape index (κ3) is 2.78. The van der Waals surface area contributed by atoms with Gasteiger partial charge in [0.25, 0.3) is 0 Å². The Kier molecular flexibility index (Phi) is 4.12. The number of rotatable bonds is 3. The van der Waals surface area contributed by atoms with E-state index < -0.39 is 5.97 Å². The number of carboxylic acid groups (broad SMARTS) is 1. The Labute approximate surface area is 107 Å². The summed E-state index contributed by atoms with van der Waals surface area (Å²) >= 11 is 0. The lowest BCUT2D eigenvalue weighted by Crippen LogP contribution is -2.36. The van der Waals surface area contributed by atoms with Crippen LogP contribution in [-0.4, -0.2) is 33.6 Å². The first-order valence-corrected chi connectivity index (χ1v) is 6.55. The van der Waals surface area contributed by atoms with Crippen molar-refractivity contribution in [1.29, 1.82) is 0 Å². The first-order chi connectivity index (χ1) is 8.72. The Morgan fingerprint density at radius 1 is 1.50 bits per heavy atom. The van der Waals surface area contributed by atoms with Crippen molar-refractivity contribution in [2.45, 2.75) is 45.1 Å². The van der Waals surface area contributed by atoms with Gasteiger partial charge in [-0.3, -0.25) is 0 Å². The fourth-order valence-electron chi connectivity index (χ4n) is 2.47. The summed E-state index contributed by atoms with van der Waals surface area (Å²) in [6, 6.07) is 1.86. The summed E-state index contributed by atoms with van der Waals surface area (Å²) in [5, 5.41) is 8.98. The van der Waals surface area contributed by atoms with E-state index in [1.165, 1.54) is 25.1 Å². The van der Waals surface area contributed by atoms with Crippen LogP contribution in [0.15, 0.2) is 12.3 Å². The van der Waals surface area contributed by atoms with Crippen molar-refractivity contribution >= 4 is 11.9 Å². The van der Waals surface area contributed by atoms with Crippen molar-refractivity contribution in [3.05, 3.63) is 18.0 Å². The van der Waals surface area contributed by atoms with E-state index in [0.29, 0.717) is 12.0 Å². The van der Waals surface area contributed by atoms with Crippen LogP contribution in [0.4, 0.5) is 5.95 Å². The molecule has 5 nitrogen and oxygen atoms in total. The number of hydrogen-bond acceptors (Lipinski definition) is 4. The summed E-state index contributed by atoms with van der Waals surface area (Å²) < 4.78 is 0. The SMILES string of the molecule is CCC1CCCCCN1c1nccc(C(=O)O)n1. The van der Waals surface area contributed by atoms with Gasteiger partial charge in [-0.2, -0.15) is 0 Å². The lowest BCUT2D eigenvalue weighted by molar-refractivity contribution is 0.0690. The maximum atomic E-state index is 10.9. The summed E-state index contributed by atoms with van der Waals surface area (Å²) in [5.74, 6) is -0.440. The largest absolute Gasteiger partial charge is 0.477 e. The highest BCUT2D eigenvalue weighted by atomic mass is 16.4. The quantitative estimate of drug-likeness (QED) is 0.890. The highest BCUT2D eigenvalue weighted by Gasteiger charge is 2.22. The average molecular weight is 249 g/mol. The van der Waals surface area contributed by atoms with Crippen molar-refractivity contribution in [3.63, 3.8) is 0 Å². The zero-order valence-corrected chi connectivity index (χ0v) is 10.7. The van der Waals surface area contributed by atoms with Gasteiger partial charge in [-0.1, -0.05) is 19.8 Å². The van der Waals surface area contributed by atoms with Crippen LogP contribution in [0, 0.1) is 0 Å². The Hall–Kier alpha value is -1.65. The molecule has 1 atom stereocenters. The Morgan fingerprint density at radius 3 is 3.06 bits per heavy atom. The molecule has 1 aromatic rings. The summed E-state index contributed by atoms with van der Waals surface area (Å²) in [4.78, 5) is 21.5. The normalized spacial score (nSPS) is 20.5. The third-order valence-electron chi connectivity index (χ3n) is 3.47. The number of aromatic nitrogens is 2. The second kappa shape index (κ2) is 5.80. The zero-order chi connectivity index (χ0) is 13.0. The van der Waals surface area contributed by atoms with Crippen molar-refractivity contribution < 1.29 is 9.90 Å². The zero-order valence-electron chi connectivity index (χ0n) is 10.7. The number of hydrogen-bond donors (Lipinski definition) is 1. The molecule has 1 fully saturated rings. The summed E-state index contributed by atoms with van der Waals surface area (Å²) in [6.07, 6.45) is 7.29. The minimum atomic E-state index is -0.999. The molecule has 0 aliphatic carbocycles. The molecule has 0 saturated carbocycles. The monoisotopic (exact) mass is 249 g/mol. The maximum absolute atomic E-state index is 10.9. The van der Waals surface area contributed by atoms with Gasteiger partial charge in [0.15, 0.2) is 5.69 Å². The number of nitrogens with zero attached hydrogens (tertiary/aromatic N) is 3. The molecule has 1 saturated heterocycles. The van der Waals surface area contributed by atoms with E-state index in [2.05, 4.69) is 21.8 Å². The molecule has 0 radical (unpaired) electrons. The van der Waals surface area contributed by atoms with Crippen LogP contribution in [0.25, 0.3) is 0 Å². The molecular weight excluding hydrogens is 230 g/mol. The van der Waals surface area contributed by atoms with E-state index in [-0.39, 0.29) is 5.69 Å². The molecule has 0 aromatic carbocycles. The maximum Gasteiger partial charge on any atom is 0.354 e. The van der Waals surface area contributed by atoms with E-state index in [4.69, 9.17) is 5.11 Å². The van der Waals surface area contributed by atoms with Crippen LogP contribution in [0.2, 0.25) is 0 Å². The van der Waals surface area contributed by atoms with Gasteiger partial charge in [-0.05, 0) is 25.3 Å². The lowest BCUT2D eigenvalue weighted by Gasteiger charge is -2.29. The predicted molar refractivity (Wildman–Crippen MR) is 68.9 cm³/mol. The van der Waals surface area contributed by atoms with E-state index in [9.17, 15) is 4.79 Å². The Bertz CT molecular complexity index is 422. The smallest absolute Gasteiger partial charge is 0.354 e. The molecule has 0 spiro atoms. The number of aromatic carboxylic acids is 1. The van der Waals surface area contributed by atoms with Crippen molar-refractivity contribution in [3.8, 4) is 0 Å². The highest BCUT2D eigenvalue weighted by Crippen LogP contribution is 2.23. The average Bonchev–Trinajstić information content (AvgIpc) is 2.63. The van der Waals surface area contributed by atoms with Gasteiger partial charge in [0.2, 0.25) is 5.95 Å². The van der Waals surface area contributed by atoms with Crippen LogP contribution < -0.4 is 4.90 Å². The van der Waals surface area contributed by atoms with Gasteiger partial charge >= 0.3 is 5.97 Å². The molecule has 98 valence electrons. The molecule has 2 rings (SSSR count). The Morgan fingerprint density at radius 2 is 2.33 bits per heavy atom. The lowest BCUT2D eigenvalue weighted by atomic mass is 10.1. The summed E-state index contributed by atoms with van der Waals surface area (Å²) in [5.41, 5.74) is 0.0686. The van der Waals surface area contributed by atoms with Gasteiger partial charge in [0, 0.05) is 18.8 Å². The fraction of sp³-hybridized carbons (Fsp3) is 0.615. The van der Waals surface area contributed by atoms with E-state index in [1.807, 2.05) is 0 Å². The fourth-order valence-corrected chi connectivity index (χ4v) is 2.47.